The van der Waals surface area contributed by atoms with E-state index in [1.54, 1.807) is 6.20 Å². The van der Waals surface area contributed by atoms with Gasteiger partial charge in [-0.2, -0.15) is 5.10 Å². The molecule has 0 amide bonds. The molecule has 2 heterocycles. The van der Waals surface area contributed by atoms with Gasteiger partial charge in [0.15, 0.2) is 0 Å². The van der Waals surface area contributed by atoms with Crippen LogP contribution < -0.4 is 0 Å². The van der Waals surface area contributed by atoms with Crippen molar-refractivity contribution in [1.82, 2.24) is 20.4 Å². The predicted octanol–water partition coefficient (Wildman–Crippen LogP) is 0.246. The van der Waals surface area contributed by atoms with Crippen LogP contribution in [-0.4, -0.2) is 33.5 Å². The van der Waals surface area contributed by atoms with Crippen LogP contribution in [0.15, 0.2) is 16.8 Å². The average Bonchev–Trinajstić information content (AvgIpc) is 2.86. The molecular formula is C7H6N4O3. The zero-order valence-electron chi connectivity index (χ0n) is 7.22. The molecule has 2 aromatic heterocycles. The number of carbonyl (C=O) groups is 1. The Morgan fingerprint density at radius 2 is 2.43 bits per heavy atom. The summed E-state index contributed by atoms with van der Waals surface area (Å²) >= 11 is 0. The fourth-order valence-electron chi connectivity index (χ4n) is 0.878. The highest BCUT2D eigenvalue weighted by Gasteiger charge is 2.16. The molecule has 0 aromatic carbocycles. The van der Waals surface area contributed by atoms with E-state index in [9.17, 15) is 4.79 Å². The van der Waals surface area contributed by atoms with E-state index in [1.165, 1.54) is 13.3 Å². The number of nitrogens with zero attached hydrogens (tertiary/aromatic N) is 3. The molecule has 0 saturated carbocycles. The van der Waals surface area contributed by atoms with Crippen LogP contribution in [0.25, 0.3) is 11.5 Å². The lowest BCUT2D eigenvalue weighted by atomic mass is 10.4. The van der Waals surface area contributed by atoms with E-state index in [0.717, 1.165) is 0 Å². The van der Waals surface area contributed by atoms with Crippen LogP contribution in [0.3, 0.4) is 0 Å². The highest BCUT2D eigenvalue weighted by atomic mass is 16.5. The zero-order valence-corrected chi connectivity index (χ0v) is 7.22. The van der Waals surface area contributed by atoms with Gasteiger partial charge < -0.3 is 9.15 Å². The Kier molecular flexibility index (Phi) is 1.98. The van der Waals surface area contributed by atoms with E-state index in [-0.39, 0.29) is 11.8 Å². The lowest BCUT2D eigenvalue weighted by Crippen LogP contribution is -2.00. The lowest BCUT2D eigenvalue weighted by Gasteiger charge is -1.88. The highest BCUT2D eigenvalue weighted by molar-refractivity contribution is 5.84. The van der Waals surface area contributed by atoms with Gasteiger partial charge in [0.1, 0.15) is 0 Å². The average molecular weight is 194 g/mol. The molecule has 2 aromatic rings. The van der Waals surface area contributed by atoms with Crippen LogP contribution in [0.1, 0.15) is 10.7 Å². The second kappa shape index (κ2) is 3.29. The molecular weight excluding hydrogens is 188 g/mol. The maximum Gasteiger partial charge on any atom is 0.396 e. The van der Waals surface area contributed by atoms with E-state index >= 15 is 0 Å². The second-order valence-corrected chi connectivity index (χ2v) is 2.39. The molecule has 0 atom stereocenters. The van der Waals surface area contributed by atoms with Gasteiger partial charge in [-0.05, 0) is 0 Å². The van der Waals surface area contributed by atoms with E-state index in [1.807, 2.05) is 0 Å². The van der Waals surface area contributed by atoms with Gasteiger partial charge in [-0.15, -0.1) is 10.2 Å². The van der Waals surface area contributed by atoms with Gasteiger partial charge >= 0.3 is 11.9 Å². The minimum absolute atomic E-state index is 0.177. The maximum absolute atomic E-state index is 11.0. The second-order valence-electron chi connectivity index (χ2n) is 2.39. The Balaban J connectivity index is 2.31. The third-order valence-corrected chi connectivity index (χ3v) is 1.53. The molecule has 0 radical (unpaired) electrons. The minimum Gasteiger partial charge on any atom is -0.462 e. The Bertz CT molecular complexity index is 433. The smallest absolute Gasteiger partial charge is 0.396 e. The van der Waals surface area contributed by atoms with Crippen molar-refractivity contribution in [2.75, 3.05) is 7.11 Å². The summed E-state index contributed by atoms with van der Waals surface area (Å²) in [5, 5.41) is 13.5. The predicted molar refractivity (Wildman–Crippen MR) is 43.2 cm³/mol. The Labute approximate surface area is 78.1 Å². The van der Waals surface area contributed by atoms with E-state index < -0.39 is 5.97 Å². The van der Waals surface area contributed by atoms with Crippen LogP contribution in [0.4, 0.5) is 0 Å². The number of aromatic amines is 1. The molecule has 0 aliphatic carbocycles. The largest absolute Gasteiger partial charge is 0.462 e. The summed E-state index contributed by atoms with van der Waals surface area (Å²) in [4.78, 5) is 11.0. The quantitative estimate of drug-likeness (QED) is 0.688. The van der Waals surface area contributed by atoms with Crippen molar-refractivity contribution in [1.29, 1.82) is 0 Å². The summed E-state index contributed by atoms with van der Waals surface area (Å²) in [6.07, 6.45) is 3.09. The van der Waals surface area contributed by atoms with Crippen LogP contribution in [0.2, 0.25) is 0 Å². The summed E-state index contributed by atoms with van der Waals surface area (Å²) in [5.41, 5.74) is 0.618. The molecule has 1 N–H and O–H groups in total. The molecule has 0 saturated heterocycles. The van der Waals surface area contributed by atoms with Gasteiger partial charge in [-0.3, -0.25) is 5.10 Å². The molecule has 14 heavy (non-hydrogen) atoms. The SMILES string of the molecule is COC(=O)c1nnc(-c2cn[nH]c2)o1. The fourth-order valence-corrected chi connectivity index (χ4v) is 0.878. The summed E-state index contributed by atoms with van der Waals surface area (Å²) in [6.45, 7) is 0. The molecule has 7 heteroatoms. The third-order valence-electron chi connectivity index (χ3n) is 1.53. The van der Waals surface area contributed by atoms with Gasteiger partial charge in [0.25, 0.3) is 5.89 Å². The minimum atomic E-state index is -0.660. The molecule has 0 unspecified atom stereocenters. The van der Waals surface area contributed by atoms with Crippen molar-refractivity contribution in [3.05, 3.63) is 18.3 Å². The van der Waals surface area contributed by atoms with Gasteiger partial charge in [0, 0.05) is 6.20 Å². The Morgan fingerprint density at radius 3 is 3.07 bits per heavy atom. The van der Waals surface area contributed by atoms with Crippen molar-refractivity contribution in [2.45, 2.75) is 0 Å². The summed E-state index contributed by atoms with van der Waals surface area (Å²) in [5.74, 6) is -0.616. The molecule has 7 nitrogen and oxygen atoms in total. The molecule has 0 fully saturated rings. The summed E-state index contributed by atoms with van der Waals surface area (Å²) in [6, 6.07) is 0. The van der Waals surface area contributed by atoms with E-state index in [0.29, 0.717) is 5.56 Å². The highest BCUT2D eigenvalue weighted by Crippen LogP contribution is 2.15. The van der Waals surface area contributed by atoms with Crippen molar-refractivity contribution in [3.63, 3.8) is 0 Å². The first-order valence-electron chi connectivity index (χ1n) is 3.72. The standard InChI is InChI=1S/C7H6N4O3/c1-13-7(12)6-11-10-5(14-6)4-2-8-9-3-4/h2-3H,1H3,(H,8,9). The molecule has 72 valence electrons. The van der Waals surface area contributed by atoms with E-state index in [2.05, 4.69) is 25.1 Å². The van der Waals surface area contributed by atoms with Crippen molar-refractivity contribution in [3.8, 4) is 11.5 Å². The van der Waals surface area contributed by atoms with Crippen molar-refractivity contribution in [2.24, 2.45) is 0 Å². The Morgan fingerprint density at radius 1 is 1.57 bits per heavy atom. The molecule has 0 spiro atoms. The van der Waals surface area contributed by atoms with Crippen molar-refractivity contribution < 1.29 is 13.9 Å². The number of esters is 1. The number of ether oxygens (including phenoxy) is 1. The fraction of sp³-hybridized carbons (Fsp3) is 0.143. The number of aromatic nitrogens is 4. The van der Waals surface area contributed by atoms with Crippen LogP contribution in [-0.2, 0) is 4.74 Å². The first-order chi connectivity index (χ1) is 6.81. The third kappa shape index (κ3) is 1.35. The zero-order chi connectivity index (χ0) is 9.97. The molecule has 0 aliphatic rings. The van der Waals surface area contributed by atoms with E-state index in [4.69, 9.17) is 4.42 Å². The molecule has 0 aliphatic heterocycles. The van der Waals surface area contributed by atoms with Gasteiger partial charge in [-0.1, -0.05) is 0 Å². The van der Waals surface area contributed by atoms with Gasteiger partial charge in [-0.25, -0.2) is 4.79 Å². The number of H-pyrrole nitrogens is 1. The van der Waals surface area contributed by atoms with Gasteiger partial charge in [0.2, 0.25) is 0 Å². The maximum atomic E-state index is 11.0. The summed E-state index contributed by atoms with van der Waals surface area (Å²) < 4.78 is 9.43. The van der Waals surface area contributed by atoms with Crippen LogP contribution in [0, 0.1) is 0 Å². The normalized spacial score (nSPS) is 10.1. The Hall–Kier alpha value is -2.18. The number of hydrogen-bond acceptors (Lipinski definition) is 6. The lowest BCUT2D eigenvalue weighted by molar-refractivity contribution is 0.0556. The number of carbonyl (C=O) groups excluding carboxylic acids is 1. The number of rotatable bonds is 2. The van der Waals surface area contributed by atoms with Crippen LogP contribution >= 0.6 is 0 Å². The van der Waals surface area contributed by atoms with Gasteiger partial charge in [0.05, 0.1) is 18.9 Å². The topological polar surface area (TPSA) is 93.9 Å². The first kappa shape index (κ1) is 8.42. The van der Waals surface area contributed by atoms with Crippen molar-refractivity contribution >= 4 is 5.97 Å². The number of methoxy groups -OCH3 is 1. The number of nitrogens with one attached hydrogen (secondary N) is 1. The summed E-state index contributed by atoms with van der Waals surface area (Å²) in [7, 11) is 1.24. The monoisotopic (exact) mass is 194 g/mol. The number of hydrogen-bond donors (Lipinski definition) is 1. The van der Waals surface area contributed by atoms with Crippen LogP contribution in [0.5, 0.6) is 0 Å². The molecule has 2 rings (SSSR count). The first-order valence-corrected chi connectivity index (χ1v) is 3.72. The molecule has 0 bridgehead atoms.